The van der Waals surface area contributed by atoms with Crippen molar-refractivity contribution in [1.82, 2.24) is 5.32 Å². The Morgan fingerprint density at radius 2 is 2.20 bits per heavy atom. The molecule has 0 amide bonds. The Balaban J connectivity index is 1.66. The van der Waals surface area contributed by atoms with Crippen molar-refractivity contribution in [3.63, 3.8) is 0 Å². The maximum absolute atomic E-state index is 9.92. The van der Waals surface area contributed by atoms with Gasteiger partial charge in [0.25, 0.3) is 0 Å². The van der Waals surface area contributed by atoms with E-state index in [1.54, 1.807) is 19.2 Å². The van der Waals surface area contributed by atoms with Gasteiger partial charge in [0.15, 0.2) is 0 Å². The lowest BCUT2D eigenvalue weighted by Crippen LogP contribution is -2.37. The minimum atomic E-state index is -0.548. The smallest absolute Gasteiger partial charge is 0.138 e. The number of aliphatic hydroxyl groups excluding tert-OH is 1. The van der Waals surface area contributed by atoms with Crippen LogP contribution in [0.1, 0.15) is 19.3 Å². The third kappa shape index (κ3) is 4.63. The maximum atomic E-state index is 9.92. The summed E-state index contributed by atoms with van der Waals surface area (Å²) in [5, 5.41) is 13.8. The lowest BCUT2D eigenvalue weighted by molar-refractivity contribution is 0.0966. The minimum Gasteiger partial charge on any atom is -0.489 e. The Hall–Kier alpha value is -0.810. The number of nitrogens with one attached hydrogen (secondary N) is 1. The standard InChI is InChI=1S/C15H22ClNO3/c1-19-13-7-6-11(8-13)17-9-12(18)10-20-15-5-3-2-4-14(15)16/h2-5,11-13,17-18H,6-10H2,1H3. The van der Waals surface area contributed by atoms with E-state index >= 15 is 0 Å². The Bertz CT molecular complexity index is 416. The van der Waals surface area contributed by atoms with Crippen LogP contribution in [-0.4, -0.2) is 43.6 Å². The van der Waals surface area contributed by atoms with Gasteiger partial charge in [-0.05, 0) is 31.4 Å². The average Bonchev–Trinajstić information content (AvgIpc) is 2.92. The Kier molecular flexibility index (Phi) is 6.10. The molecule has 0 aliphatic heterocycles. The van der Waals surface area contributed by atoms with Gasteiger partial charge in [-0.2, -0.15) is 0 Å². The zero-order valence-electron chi connectivity index (χ0n) is 11.7. The second-order valence-electron chi connectivity index (χ2n) is 5.17. The van der Waals surface area contributed by atoms with Gasteiger partial charge in [-0.25, -0.2) is 0 Å². The highest BCUT2D eigenvalue weighted by Gasteiger charge is 2.24. The van der Waals surface area contributed by atoms with Crippen molar-refractivity contribution in [2.24, 2.45) is 0 Å². The lowest BCUT2D eigenvalue weighted by atomic mass is 10.2. The van der Waals surface area contributed by atoms with E-state index in [0.29, 0.717) is 29.5 Å². The quantitative estimate of drug-likeness (QED) is 0.811. The third-order valence-corrected chi connectivity index (χ3v) is 3.94. The summed E-state index contributed by atoms with van der Waals surface area (Å²) in [5.74, 6) is 0.605. The first-order valence-corrected chi connectivity index (χ1v) is 7.38. The van der Waals surface area contributed by atoms with Gasteiger partial charge in [0.1, 0.15) is 18.5 Å². The lowest BCUT2D eigenvalue weighted by Gasteiger charge is -2.17. The van der Waals surface area contributed by atoms with Crippen molar-refractivity contribution >= 4 is 11.6 Å². The van der Waals surface area contributed by atoms with Crippen LogP contribution in [0.5, 0.6) is 5.75 Å². The monoisotopic (exact) mass is 299 g/mol. The number of rotatable bonds is 7. The molecule has 1 saturated carbocycles. The van der Waals surface area contributed by atoms with Crippen LogP contribution >= 0.6 is 11.6 Å². The number of para-hydroxylation sites is 1. The summed E-state index contributed by atoms with van der Waals surface area (Å²) in [7, 11) is 1.75. The number of hydrogen-bond acceptors (Lipinski definition) is 4. The molecular formula is C15H22ClNO3. The van der Waals surface area contributed by atoms with Crippen molar-refractivity contribution in [3.05, 3.63) is 29.3 Å². The molecule has 20 heavy (non-hydrogen) atoms. The number of aliphatic hydroxyl groups is 1. The molecule has 1 aromatic rings. The van der Waals surface area contributed by atoms with Gasteiger partial charge in [0.2, 0.25) is 0 Å². The molecule has 0 radical (unpaired) electrons. The third-order valence-electron chi connectivity index (χ3n) is 3.63. The molecule has 2 rings (SSSR count). The van der Waals surface area contributed by atoms with Crippen LogP contribution in [0.3, 0.4) is 0 Å². The van der Waals surface area contributed by atoms with E-state index in [4.69, 9.17) is 21.1 Å². The van der Waals surface area contributed by atoms with E-state index in [1.165, 1.54) is 0 Å². The van der Waals surface area contributed by atoms with Crippen molar-refractivity contribution in [2.45, 2.75) is 37.5 Å². The molecule has 5 heteroatoms. The minimum absolute atomic E-state index is 0.233. The van der Waals surface area contributed by atoms with E-state index in [-0.39, 0.29) is 6.61 Å². The number of halogens is 1. The van der Waals surface area contributed by atoms with Crippen LogP contribution in [0.25, 0.3) is 0 Å². The molecule has 0 bridgehead atoms. The molecule has 2 N–H and O–H groups in total. The first-order chi connectivity index (χ1) is 9.69. The molecule has 0 aromatic heterocycles. The molecule has 0 heterocycles. The van der Waals surface area contributed by atoms with E-state index < -0.39 is 6.10 Å². The Morgan fingerprint density at radius 1 is 1.40 bits per heavy atom. The predicted molar refractivity (Wildman–Crippen MR) is 79.4 cm³/mol. The van der Waals surface area contributed by atoms with Crippen LogP contribution in [0.2, 0.25) is 5.02 Å². The summed E-state index contributed by atoms with van der Waals surface area (Å²) in [4.78, 5) is 0. The zero-order chi connectivity index (χ0) is 14.4. The summed E-state index contributed by atoms with van der Waals surface area (Å²) < 4.78 is 10.8. The topological polar surface area (TPSA) is 50.7 Å². The first-order valence-electron chi connectivity index (χ1n) is 7.00. The summed E-state index contributed by atoms with van der Waals surface area (Å²) in [6, 6.07) is 7.69. The highest BCUT2D eigenvalue weighted by Crippen LogP contribution is 2.23. The summed E-state index contributed by atoms with van der Waals surface area (Å²) in [6.07, 6.45) is 2.99. The highest BCUT2D eigenvalue weighted by molar-refractivity contribution is 6.32. The first kappa shape index (κ1) is 15.6. The van der Waals surface area contributed by atoms with Crippen LogP contribution in [0.4, 0.5) is 0 Å². The molecule has 1 fully saturated rings. The Labute approximate surface area is 125 Å². The van der Waals surface area contributed by atoms with Crippen molar-refractivity contribution in [2.75, 3.05) is 20.3 Å². The molecule has 112 valence electrons. The summed E-state index contributed by atoms with van der Waals surface area (Å²) >= 11 is 5.98. The number of hydrogen-bond donors (Lipinski definition) is 2. The number of benzene rings is 1. The van der Waals surface area contributed by atoms with E-state index in [0.717, 1.165) is 19.3 Å². The van der Waals surface area contributed by atoms with Crippen LogP contribution in [-0.2, 0) is 4.74 Å². The van der Waals surface area contributed by atoms with Gasteiger partial charge in [-0.15, -0.1) is 0 Å². The molecule has 3 unspecified atom stereocenters. The molecule has 1 aliphatic rings. The summed E-state index contributed by atoms with van der Waals surface area (Å²) in [6.45, 7) is 0.753. The molecule has 3 atom stereocenters. The van der Waals surface area contributed by atoms with Crippen molar-refractivity contribution in [3.8, 4) is 5.75 Å². The molecule has 0 spiro atoms. The number of methoxy groups -OCH3 is 1. The van der Waals surface area contributed by atoms with Crippen LogP contribution in [0, 0.1) is 0 Å². The van der Waals surface area contributed by atoms with Gasteiger partial charge in [0, 0.05) is 19.7 Å². The van der Waals surface area contributed by atoms with E-state index in [2.05, 4.69) is 5.32 Å². The molecule has 1 aliphatic carbocycles. The van der Waals surface area contributed by atoms with Crippen LogP contribution < -0.4 is 10.1 Å². The average molecular weight is 300 g/mol. The van der Waals surface area contributed by atoms with Gasteiger partial charge in [-0.1, -0.05) is 23.7 Å². The largest absolute Gasteiger partial charge is 0.489 e. The maximum Gasteiger partial charge on any atom is 0.138 e. The number of ether oxygens (including phenoxy) is 2. The zero-order valence-corrected chi connectivity index (χ0v) is 12.5. The fraction of sp³-hybridized carbons (Fsp3) is 0.600. The van der Waals surface area contributed by atoms with Crippen LogP contribution in [0.15, 0.2) is 24.3 Å². The van der Waals surface area contributed by atoms with Gasteiger partial charge >= 0.3 is 0 Å². The molecule has 4 nitrogen and oxygen atoms in total. The fourth-order valence-corrected chi connectivity index (χ4v) is 2.64. The fourth-order valence-electron chi connectivity index (χ4n) is 2.45. The van der Waals surface area contributed by atoms with E-state index in [9.17, 15) is 5.11 Å². The molecule has 1 aromatic carbocycles. The second kappa shape index (κ2) is 7.84. The van der Waals surface area contributed by atoms with Crippen molar-refractivity contribution < 1.29 is 14.6 Å². The molecular weight excluding hydrogens is 278 g/mol. The van der Waals surface area contributed by atoms with E-state index in [1.807, 2.05) is 12.1 Å². The van der Waals surface area contributed by atoms with Gasteiger partial charge in [-0.3, -0.25) is 0 Å². The predicted octanol–water partition coefficient (Wildman–Crippen LogP) is 2.24. The molecule has 0 saturated heterocycles. The Morgan fingerprint density at radius 3 is 2.90 bits per heavy atom. The summed E-state index contributed by atoms with van der Waals surface area (Å²) in [5.41, 5.74) is 0. The SMILES string of the molecule is COC1CCC(NCC(O)COc2ccccc2Cl)C1. The van der Waals surface area contributed by atoms with Crippen molar-refractivity contribution in [1.29, 1.82) is 0 Å². The highest BCUT2D eigenvalue weighted by atomic mass is 35.5. The van der Waals surface area contributed by atoms with Gasteiger partial charge in [0.05, 0.1) is 11.1 Å². The normalized spacial score (nSPS) is 23.8. The van der Waals surface area contributed by atoms with Gasteiger partial charge < -0.3 is 19.9 Å². The second-order valence-corrected chi connectivity index (χ2v) is 5.58.